The molecule has 0 aliphatic rings. The fraction of sp³-hybridized carbons (Fsp3) is 0.176. The summed E-state index contributed by atoms with van der Waals surface area (Å²) in [6.07, 6.45) is 0. The molecule has 0 bridgehead atoms. The third-order valence-electron chi connectivity index (χ3n) is 3.29. The summed E-state index contributed by atoms with van der Waals surface area (Å²) in [6.45, 7) is 2.29. The summed E-state index contributed by atoms with van der Waals surface area (Å²) in [6, 6.07) is 17.7. The molecule has 0 aliphatic carbocycles. The zero-order valence-electron chi connectivity index (χ0n) is 11.4. The van der Waals surface area contributed by atoms with Crippen molar-refractivity contribution in [1.29, 1.82) is 0 Å². The van der Waals surface area contributed by atoms with Crippen LogP contribution in [0.2, 0.25) is 0 Å². The van der Waals surface area contributed by atoms with Crippen molar-refractivity contribution in [2.45, 2.75) is 13.0 Å². The Labute approximate surface area is 118 Å². The smallest absolute Gasteiger partial charge is 0.127 e. The summed E-state index contributed by atoms with van der Waals surface area (Å²) >= 11 is 0. The number of benzene rings is 2. The van der Waals surface area contributed by atoms with Crippen molar-refractivity contribution in [3.8, 4) is 5.75 Å². The molecular formula is C17H17NO2. The molecule has 0 saturated carbocycles. The van der Waals surface area contributed by atoms with E-state index in [1.165, 1.54) is 0 Å². The van der Waals surface area contributed by atoms with Crippen LogP contribution in [0.15, 0.2) is 59.0 Å². The first-order chi connectivity index (χ1) is 9.74. The van der Waals surface area contributed by atoms with Crippen molar-refractivity contribution in [3.05, 3.63) is 66.1 Å². The molecule has 3 nitrogen and oxygen atoms in total. The number of fused-ring (bicyclic) bond motifs is 1. The quantitative estimate of drug-likeness (QED) is 0.781. The highest BCUT2D eigenvalue weighted by molar-refractivity contribution is 5.88. The van der Waals surface area contributed by atoms with Gasteiger partial charge in [0.05, 0.1) is 6.04 Å². The zero-order valence-corrected chi connectivity index (χ0v) is 11.4. The second-order valence-electron chi connectivity index (χ2n) is 4.84. The number of furan rings is 1. The molecule has 0 aliphatic heterocycles. The summed E-state index contributed by atoms with van der Waals surface area (Å²) in [4.78, 5) is 0. The molecule has 0 spiro atoms. The van der Waals surface area contributed by atoms with Gasteiger partial charge >= 0.3 is 0 Å². The molecule has 3 heteroatoms. The van der Waals surface area contributed by atoms with Gasteiger partial charge in [0.2, 0.25) is 0 Å². The molecule has 3 rings (SSSR count). The van der Waals surface area contributed by atoms with E-state index in [4.69, 9.17) is 14.9 Å². The van der Waals surface area contributed by atoms with E-state index in [0.29, 0.717) is 6.61 Å². The summed E-state index contributed by atoms with van der Waals surface area (Å²) < 4.78 is 11.4. The normalized spacial score (nSPS) is 12.5. The minimum Gasteiger partial charge on any atom is -0.491 e. The standard InChI is InChI=1S/C17H17NO2/c1-12-9-10-17(20-12)15(18)11-19-16-8-4-6-13-5-2-3-7-14(13)16/h2-10,15H,11,18H2,1H3. The van der Waals surface area contributed by atoms with Crippen LogP contribution in [0.4, 0.5) is 0 Å². The van der Waals surface area contributed by atoms with Gasteiger partial charge in [0.1, 0.15) is 23.9 Å². The number of aryl methyl sites for hydroxylation is 1. The minimum atomic E-state index is -0.261. The Balaban J connectivity index is 1.77. The Bertz CT molecular complexity index is 712. The number of ether oxygens (including phenoxy) is 1. The van der Waals surface area contributed by atoms with Crippen molar-refractivity contribution in [3.63, 3.8) is 0 Å². The number of hydrogen-bond acceptors (Lipinski definition) is 3. The molecule has 1 aromatic heterocycles. The predicted octanol–water partition coefficient (Wildman–Crippen LogP) is 3.82. The van der Waals surface area contributed by atoms with E-state index in [0.717, 1.165) is 28.0 Å². The molecule has 1 heterocycles. The van der Waals surface area contributed by atoms with E-state index in [1.54, 1.807) is 0 Å². The van der Waals surface area contributed by atoms with Gasteiger partial charge < -0.3 is 14.9 Å². The van der Waals surface area contributed by atoms with Crippen molar-refractivity contribution < 1.29 is 9.15 Å². The Kier molecular flexibility index (Phi) is 3.44. The van der Waals surface area contributed by atoms with Gasteiger partial charge in [-0.25, -0.2) is 0 Å². The first-order valence-electron chi connectivity index (χ1n) is 6.66. The third-order valence-corrected chi connectivity index (χ3v) is 3.29. The van der Waals surface area contributed by atoms with E-state index in [1.807, 2.05) is 49.4 Å². The van der Waals surface area contributed by atoms with Crippen LogP contribution < -0.4 is 10.5 Å². The van der Waals surface area contributed by atoms with Gasteiger partial charge in [-0.05, 0) is 30.5 Å². The maximum Gasteiger partial charge on any atom is 0.127 e. The van der Waals surface area contributed by atoms with Crippen molar-refractivity contribution in [1.82, 2.24) is 0 Å². The van der Waals surface area contributed by atoms with E-state index in [9.17, 15) is 0 Å². The molecule has 2 N–H and O–H groups in total. The average molecular weight is 267 g/mol. The SMILES string of the molecule is Cc1ccc(C(N)COc2cccc3ccccc23)o1. The fourth-order valence-corrected chi connectivity index (χ4v) is 2.24. The highest BCUT2D eigenvalue weighted by Crippen LogP contribution is 2.26. The summed E-state index contributed by atoms with van der Waals surface area (Å²) in [7, 11) is 0. The first-order valence-corrected chi connectivity index (χ1v) is 6.66. The highest BCUT2D eigenvalue weighted by Gasteiger charge is 2.11. The third kappa shape index (κ3) is 2.53. The Morgan fingerprint density at radius 3 is 2.65 bits per heavy atom. The Hall–Kier alpha value is -2.26. The lowest BCUT2D eigenvalue weighted by Gasteiger charge is -2.13. The second kappa shape index (κ2) is 5.39. The van der Waals surface area contributed by atoms with Crippen LogP contribution in [0.1, 0.15) is 17.6 Å². The Morgan fingerprint density at radius 1 is 1.05 bits per heavy atom. The van der Waals surface area contributed by atoms with Gasteiger partial charge in [-0.2, -0.15) is 0 Å². The average Bonchev–Trinajstić information content (AvgIpc) is 2.91. The number of nitrogens with two attached hydrogens (primary N) is 1. The monoisotopic (exact) mass is 267 g/mol. The highest BCUT2D eigenvalue weighted by atomic mass is 16.5. The van der Waals surface area contributed by atoms with Crippen LogP contribution in [0.5, 0.6) is 5.75 Å². The second-order valence-corrected chi connectivity index (χ2v) is 4.84. The fourth-order valence-electron chi connectivity index (χ4n) is 2.24. The molecule has 102 valence electrons. The number of hydrogen-bond donors (Lipinski definition) is 1. The minimum absolute atomic E-state index is 0.261. The lowest BCUT2D eigenvalue weighted by molar-refractivity contribution is 0.274. The summed E-state index contributed by atoms with van der Waals surface area (Å²) in [5.74, 6) is 2.46. The van der Waals surface area contributed by atoms with Crippen LogP contribution in [-0.4, -0.2) is 6.61 Å². The molecule has 1 atom stereocenters. The van der Waals surface area contributed by atoms with Crippen molar-refractivity contribution >= 4 is 10.8 Å². The van der Waals surface area contributed by atoms with Crippen LogP contribution >= 0.6 is 0 Å². The van der Waals surface area contributed by atoms with Crippen LogP contribution in [0.25, 0.3) is 10.8 Å². The first kappa shape index (κ1) is 12.8. The molecule has 2 aromatic carbocycles. The molecular weight excluding hydrogens is 250 g/mol. The molecule has 3 aromatic rings. The van der Waals surface area contributed by atoms with Gasteiger partial charge in [0.25, 0.3) is 0 Å². The maximum absolute atomic E-state index is 6.08. The van der Waals surface area contributed by atoms with Gasteiger partial charge in [-0.1, -0.05) is 36.4 Å². The maximum atomic E-state index is 6.08. The molecule has 0 fully saturated rings. The topological polar surface area (TPSA) is 48.4 Å². The number of rotatable bonds is 4. The predicted molar refractivity (Wildman–Crippen MR) is 79.8 cm³/mol. The lowest BCUT2D eigenvalue weighted by Crippen LogP contribution is -2.18. The van der Waals surface area contributed by atoms with Gasteiger partial charge in [-0.15, -0.1) is 0 Å². The van der Waals surface area contributed by atoms with Crippen molar-refractivity contribution in [2.75, 3.05) is 6.61 Å². The van der Waals surface area contributed by atoms with E-state index < -0.39 is 0 Å². The summed E-state index contributed by atoms with van der Waals surface area (Å²) in [5, 5.41) is 2.25. The van der Waals surface area contributed by atoms with Gasteiger partial charge in [-0.3, -0.25) is 0 Å². The largest absolute Gasteiger partial charge is 0.491 e. The van der Waals surface area contributed by atoms with E-state index in [2.05, 4.69) is 12.1 Å². The van der Waals surface area contributed by atoms with E-state index in [-0.39, 0.29) is 6.04 Å². The molecule has 0 saturated heterocycles. The van der Waals surface area contributed by atoms with Crippen LogP contribution in [0, 0.1) is 6.92 Å². The molecule has 20 heavy (non-hydrogen) atoms. The van der Waals surface area contributed by atoms with E-state index >= 15 is 0 Å². The Morgan fingerprint density at radius 2 is 1.85 bits per heavy atom. The van der Waals surface area contributed by atoms with Gasteiger partial charge in [0.15, 0.2) is 0 Å². The van der Waals surface area contributed by atoms with Gasteiger partial charge in [0, 0.05) is 5.39 Å². The summed E-state index contributed by atoms with van der Waals surface area (Å²) in [5.41, 5.74) is 6.08. The molecule has 1 unspecified atom stereocenters. The lowest BCUT2D eigenvalue weighted by atomic mass is 10.1. The van der Waals surface area contributed by atoms with Crippen LogP contribution in [-0.2, 0) is 0 Å². The van der Waals surface area contributed by atoms with Crippen molar-refractivity contribution in [2.24, 2.45) is 5.73 Å². The zero-order chi connectivity index (χ0) is 13.9. The molecule has 0 radical (unpaired) electrons. The molecule has 0 amide bonds. The van der Waals surface area contributed by atoms with Crippen LogP contribution in [0.3, 0.4) is 0 Å².